The third kappa shape index (κ3) is 1.19. The molecular weight excluding hydrogens is 160 g/mol. The molecule has 3 heteroatoms. The van der Waals surface area contributed by atoms with Crippen molar-refractivity contribution in [2.24, 2.45) is 5.41 Å². The van der Waals surface area contributed by atoms with E-state index in [0.717, 1.165) is 12.8 Å². The maximum absolute atomic E-state index is 11.4. The van der Waals surface area contributed by atoms with Crippen LogP contribution in [0.1, 0.15) is 33.6 Å². The molecule has 0 aromatic carbocycles. The van der Waals surface area contributed by atoms with E-state index in [1.807, 2.05) is 20.8 Å². The van der Waals surface area contributed by atoms with Crippen molar-refractivity contribution in [3.8, 4) is 0 Å². The van der Waals surface area contributed by atoms with Gasteiger partial charge in [-0.2, -0.15) is 0 Å². The van der Waals surface area contributed by atoms with Crippen molar-refractivity contribution in [3.05, 3.63) is 0 Å². The van der Waals surface area contributed by atoms with Gasteiger partial charge in [-0.25, -0.2) is 8.42 Å². The van der Waals surface area contributed by atoms with Gasteiger partial charge in [-0.1, -0.05) is 20.8 Å². The van der Waals surface area contributed by atoms with Crippen LogP contribution in [0.5, 0.6) is 0 Å². The van der Waals surface area contributed by atoms with Gasteiger partial charge in [0.05, 0.1) is 4.75 Å². The van der Waals surface area contributed by atoms with Crippen molar-refractivity contribution in [2.45, 2.75) is 38.4 Å². The van der Waals surface area contributed by atoms with E-state index in [-0.39, 0.29) is 5.41 Å². The fourth-order valence-corrected chi connectivity index (χ4v) is 3.75. The summed E-state index contributed by atoms with van der Waals surface area (Å²) in [7, 11) is -2.85. The van der Waals surface area contributed by atoms with Crippen molar-refractivity contribution in [2.75, 3.05) is 6.26 Å². The average Bonchev–Trinajstić information content (AvgIpc) is 2.31. The van der Waals surface area contributed by atoms with Crippen LogP contribution in [0.15, 0.2) is 0 Å². The van der Waals surface area contributed by atoms with Gasteiger partial charge in [-0.15, -0.1) is 0 Å². The minimum atomic E-state index is -2.85. The lowest BCUT2D eigenvalue weighted by atomic mass is 9.90. The lowest BCUT2D eigenvalue weighted by Gasteiger charge is -2.28. The molecule has 0 aliphatic heterocycles. The van der Waals surface area contributed by atoms with E-state index in [1.165, 1.54) is 6.26 Å². The predicted octanol–water partition coefficient (Wildman–Crippen LogP) is 1.61. The molecule has 0 aromatic rings. The van der Waals surface area contributed by atoms with E-state index >= 15 is 0 Å². The summed E-state index contributed by atoms with van der Waals surface area (Å²) in [5, 5.41) is 0. The van der Waals surface area contributed by atoms with Crippen molar-refractivity contribution >= 4 is 9.84 Å². The largest absolute Gasteiger partial charge is 0.229 e. The topological polar surface area (TPSA) is 34.1 Å². The Morgan fingerprint density at radius 3 is 1.55 bits per heavy atom. The predicted molar refractivity (Wildman–Crippen MR) is 46.3 cm³/mol. The maximum Gasteiger partial charge on any atom is 0.153 e. The number of hydrogen-bond acceptors (Lipinski definition) is 2. The number of sulfone groups is 1. The zero-order valence-corrected chi connectivity index (χ0v) is 8.46. The molecule has 66 valence electrons. The molecule has 0 atom stereocenters. The molecular formula is C8H16O2S. The third-order valence-corrected chi connectivity index (χ3v) is 5.22. The maximum atomic E-state index is 11.4. The van der Waals surface area contributed by atoms with Gasteiger partial charge in [0.25, 0.3) is 0 Å². The Bertz CT molecular complexity index is 252. The molecule has 0 radical (unpaired) electrons. The molecule has 0 saturated heterocycles. The highest BCUT2D eigenvalue weighted by Crippen LogP contribution is 2.55. The molecule has 0 aromatic heterocycles. The van der Waals surface area contributed by atoms with Gasteiger partial charge in [0.15, 0.2) is 9.84 Å². The Labute approximate surface area is 68.9 Å². The Kier molecular flexibility index (Phi) is 1.65. The van der Waals surface area contributed by atoms with Crippen LogP contribution in [0.25, 0.3) is 0 Å². The molecule has 1 aliphatic carbocycles. The van der Waals surface area contributed by atoms with E-state index in [9.17, 15) is 8.42 Å². The van der Waals surface area contributed by atoms with Gasteiger partial charge in [0.1, 0.15) is 0 Å². The summed E-state index contributed by atoms with van der Waals surface area (Å²) < 4.78 is 22.3. The van der Waals surface area contributed by atoms with Gasteiger partial charge >= 0.3 is 0 Å². The Morgan fingerprint density at radius 2 is 1.55 bits per heavy atom. The van der Waals surface area contributed by atoms with Gasteiger partial charge in [0, 0.05) is 6.26 Å². The van der Waals surface area contributed by atoms with Gasteiger partial charge < -0.3 is 0 Å². The number of hydrogen-bond donors (Lipinski definition) is 0. The number of rotatable bonds is 1. The molecule has 1 aliphatic rings. The molecule has 11 heavy (non-hydrogen) atoms. The smallest absolute Gasteiger partial charge is 0.153 e. The first kappa shape index (κ1) is 9.04. The highest BCUT2D eigenvalue weighted by atomic mass is 32.2. The molecule has 1 fully saturated rings. The van der Waals surface area contributed by atoms with Crippen LogP contribution in [0.3, 0.4) is 0 Å². The Hall–Kier alpha value is -0.0500. The second-order valence-corrected chi connectivity index (χ2v) is 6.84. The van der Waals surface area contributed by atoms with Gasteiger partial charge in [-0.05, 0) is 18.3 Å². The van der Waals surface area contributed by atoms with Crippen molar-refractivity contribution in [1.29, 1.82) is 0 Å². The molecule has 0 spiro atoms. The van der Waals surface area contributed by atoms with Crippen LogP contribution in [0.2, 0.25) is 0 Å². The normalized spacial score (nSPS) is 23.3. The monoisotopic (exact) mass is 176 g/mol. The molecule has 0 heterocycles. The first-order valence-corrected chi connectivity index (χ1v) is 5.79. The second-order valence-electron chi connectivity index (χ2n) is 4.52. The van der Waals surface area contributed by atoms with Crippen LogP contribution >= 0.6 is 0 Å². The summed E-state index contributed by atoms with van der Waals surface area (Å²) in [5.41, 5.74) is -0.0966. The Morgan fingerprint density at radius 1 is 1.18 bits per heavy atom. The highest BCUT2D eigenvalue weighted by molar-refractivity contribution is 7.92. The zero-order valence-electron chi connectivity index (χ0n) is 7.64. The Balaban J connectivity index is 3.05. The van der Waals surface area contributed by atoms with Gasteiger partial charge in [0.2, 0.25) is 0 Å². The summed E-state index contributed by atoms with van der Waals surface area (Å²) in [5.74, 6) is 0. The molecule has 0 N–H and O–H groups in total. The lowest BCUT2D eigenvalue weighted by Crippen LogP contribution is -2.36. The summed E-state index contributed by atoms with van der Waals surface area (Å²) in [6.45, 7) is 6.00. The average molecular weight is 176 g/mol. The van der Waals surface area contributed by atoms with E-state index in [4.69, 9.17) is 0 Å². The minimum Gasteiger partial charge on any atom is -0.229 e. The zero-order chi connectivity index (χ0) is 8.91. The van der Waals surface area contributed by atoms with Crippen molar-refractivity contribution in [3.63, 3.8) is 0 Å². The van der Waals surface area contributed by atoms with Crippen LogP contribution in [0.4, 0.5) is 0 Å². The van der Waals surface area contributed by atoms with Crippen LogP contribution < -0.4 is 0 Å². The standard InChI is InChI=1S/C8H16O2S/c1-7(2,3)8(5-6-8)11(4,9)10/h5-6H2,1-4H3. The third-order valence-electron chi connectivity index (χ3n) is 2.78. The minimum absolute atomic E-state index is 0.0966. The van der Waals surface area contributed by atoms with E-state index in [2.05, 4.69) is 0 Å². The van der Waals surface area contributed by atoms with Crippen molar-refractivity contribution < 1.29 is 8.42 Å². The van der Waals surface area contributed by atoms with Crippen LogP contribution in [-0.2, 0) is 9.84 Å². The summed E-state index contributed by atoms with van der Waals surface area (Å²) >= 11 is 0. The van der Waals surface area contributed by atoms with Gasteiger partial charge in [-0.3, -0.25) is 0 Å². The lowest BCUT2D eigenvalue weighted by molar-refractivity contribution is 0.364. The molecule has 0 amide bonds. The van der Waals surface area contributed by atoms with Crippen LogP contribution in [-0.4, -0.2) is 19.4 Å². The SMILES string of the molecule is CC(C)(C)C1(S(C)(=O)=O)CC1. The molecule has 1 rings (SSSR count). The first-order valence-electron chi connectivity index (χ1n) is 3.90. The highest BCUT2D eigenvalue weighted by Gasteiger charge is 2.59. The summed E-state index contributed by atoms with van der Waals surface area (Å²) in [6.07, 6.45) is 3.04. The second kappa shape index (κ2) is 2.00. The first-order chi connectivity index (χ1) is 4.71. The molecule has 0 bridgehead atoms. The van der Waals surface area contributed by atoms with E-state index in [0.29, 0.717) is 0 Å². The van der Waals surface area contributed by atoms with Crippen LogP contribution in [0, 0.1) is 5.41 Å². The van der Waals surface area contributed by atoms with E-state index < -0.39 is 14.6 Å². The summed E-state index contributed by atoms with van der Waals surface area (Å²) in [4.78, 5) is 0. The fourth-order valence-electron chi connectivity index (χ4n) is 1.79. The fraction of sp³-hybridized carbons (Fsp3) is 1.00. The van der Waals surface area contributed by atoms with E-state index in [1.54, 1.807) is 0 Å². The summed E-state index contributed by atoms with van der Waals surface area (Å²) in [6, 6.07) is 0. The molecule has 1 saturated carbocycles. The van der Waals surface area contributed by atoms with Crippen molar-refractivity contribution in [1.82, 2.24) is 0 Å². The molecule has 0 unspecified atom stereocenters. The molecule has 2 nitrogen and oxygen atoms in total. The quantitative estimate of drug-likeness (QED) is 0.608.